The van der Waals surface area contributed by atoms with Gasteiger partial charge in [-0.3, -0.25) is 0 Å². The first-order valence-corrected chi connectivity index (χ1v) is 13.2. The number of halogens is 2. The monoisotopic (exact) mass is 529 g/mol. The number of aryl methyl sites for hydroxylation is 1. The van der Waals surface area contributed by atoms with Gasteiger partial charge < -0.3 is 15.5 Å². The normalized spacial score (nSPS) is 20.6. The topological polar surface area (TPSA) is 130 Å². The van der Waals surface area contributed by atoms with Crippen LogP contribution in [-0.2, 0) is 10.0 Å². The van der Waals surface area contributed by atoms with Crippen molar-refractivity contribution in [1.29, 1.82) is 0 Å². The van der Waals surface area contributed by atoms with Gasteiger partial charge in [-0.2, -0.15) is 0 Å². The third-order valence-corrected chi connectivity index (χ3v) is 8.20. The van der Waals surface area contributed by atoms with Crippen molar-refractivity contribution in [2.75, 3.05) is 5.32 Å². The van der Waals surface area contributed by atoms with E-state index in [-0.39, 0.29) is 33.1 Å². The molecule has 0 amide bonds. The van der Waals surface area contributed by atoms with Crippen LogP contribution in [0.25, 0.3) is 22.4 Å². The molecule has 3 atom stereocenters. The van der Waals surface area contributed by atoms with Gasteiger partial charge in [-0.05, 0) is 38.0 Å². The summed E-state index contributed by atoms with van der Waals surface area (Å²) in [5.74, 6) is -1.79. The van der Waals surface area contributed by atoms with Gasteiger partial charge in [0.05, 0.1) is 35.5 Å². The van der Waals surface area contributed by atoms with E-state index in [9.17, 15) is 27.4 Å². The molecular formula is C25H25F2N5O4S. The highest BCUT2D eigenvalue weighted by Gasteiger charge is 2.30. The minimum Gasteiger partial charge on any atom is -0.390 e. The summed E-state index contributed by atoms with van der Waals surface area (Å²) in [6.07, 6.45) is 3.34. The summed E-state index contributed by atoms with van der Waals surface area (Å²) >= 11 is 0. The number of aliphatic hydroxyl groups excluding tert-OH is 2. The zero-order valence-electron chi connectivity index (χ0n) is 19.8. The Labute approximate surface area is 211 Å². The summed E-state index contributed by atoms with van der Waals surface area (Å²) in [7, 11) is -4.12. The van der Waals surface area contributed by atoms with Crippen LogP contribution in [0, 0.1) is 18.6 Å². The largest absolute Gasteiger partial charge is 0.390 e. The lowest BCUT2D eigenvalue weighted by Crippen LogP contribution is -2.41. The quantitative estimate of drug-likeness (QED) is 0.336. The minimum atomic E-state index is -4.12. The van der Waals surface area contributed by atoms with Crippen LogP contribution in [0.3, 0.4) is 0 Å². The molecule has 1 fully saturated rings. The molecule has 194 valence electrons. The highest BCUT2D eigenvalue weighted by molar-refractivity contribution is 7.90. The van der Waals surface area contributed by atoms with Gasteiger partial charge in [-0.15, -0.1) is 0 Å². The fourth-order valence-corrected chi connectivity index (χ4v) is 5.82. The van der Waals surface area contributed by atoms with Crippen LogP contribution in [0.5, 0.6) is 0 Å². The van der Waals surface area contributed by atoms with Crippen LogP contribution in [0.4, 0.5) is 14.6 Å². The van der Waals surface area contributed by atoms with Crippen molar-refractivity contribution in [3.63, 3.8) is 0 Å². The summed E-state index contributed by atoms with van der Waals surface area (Å²) < 4.78 is 56.7. The highest BCUT2D eigenvalue weighted by Crippen LogP contribution is 2.32. The first-order chi connectivity index (χ1) is 17.6. The molecule has 0 unspecified atom stereocenters. The summed E-state index contributed by atoms with van der Waals surface area (Å²) in [5, 5.41) is 23.5. The number of rotatable bonds is 5. The van der Waals surface area contributed by atoms with E-state index < -0.39 is 39.9 Å². The minimum absolute atomic E-state index is 0.0102. The van der Waals surface area contributed by atoms with Crippen LogP contribution in [0.15, 0.2) is 53.8 Å². The molecule has 0 radical (unpaired) electrons. The van der Waals surface area contributed by atoms with E-state index in [4.69, 9.17) is 0 Å². The number of anilines is 1. The molecule has 0 spiro atoms. The number of nitrogens with zero attached hydrogens (tertiary/aromatic N) is 4. The highest BCUT2D eigenvalue weighted by atomic mass is 32.2. The van der Waals surface area contributed by atoms with Crippen LogP contribution in [-0.4, -0.2) is 55.8 Å². The molecule has 9 nitrogen and oxygen atoms in total. The number of aliphatic hydroxyl groups is 2. The first-order valence-electron chi connectivity index (χ1n) is 11.8. The average Bonchev–Trinajstić information content (AvgIpc) is 3.18. The van der Waals surface area contributed by atoms with Crippen molar-refractivity contribution >= 4 is 26.9 Å². The van der Waals surface area contributed by atoms with Gasteiger partial charge in [-0.25, -0.2) is 36.1 Å². The molecule has 37 heavy (non-hydrogen) atoms. The molecule has 4 aromatic rings. The number of hydrogen-bond donors (Lipinski definition) is 3. The second-order valence-electron chi connectivity index (χ2n) is 9.16. The van der Waals surface area contributed by atoms with E-state index in [2.05, 4.69) is 20.3 Å². The van der Waals surface area contributed by atoms with Gasteiger partial charge in [0, 0.05) is 17.1 Å². The van der Waals surface area contributed by atoms with Crippen LogP contribution >= 0.6 is 0 Å². The Balaban J connectivity index is 1.60. The molecule has 0 saturated heterocycles. The van der Waals surface area contributed by atoms with Crippen molar-refractivity contribution < 1.29 is 27.4 Å². The molecule has 1 saturated carbocycles. The predicted molar refractivity (Wildman–Crippen MR) is 132 cm³/mol. The Morgan fingerprint density at radius 3 is 2.54 bits per heavy atom. The molecule has 5 rings (SSSR count). The zero-order chi connectivity index (χ0) is 26.3. The second-order valence-corrected chi connectivity index (χ2v) is 11.0. The average molecular weight is 530 g/mol. The van der Waals surface area contributed by atoms with Crippen molar-refractivity contribution in [2.24, 2.45) is 0 Å². The van der Waals surface area contributed by atoms with E-state index in [0.717, 1.165) is 40.8 Å². The SMILES string of the molecule is Cc1ccc(S(=O)(=O)n2cc(-c3ncc(F)c(N[C@H]4CCCC[C@@H](O)[C@@H]4O)n3)c3cc(F)cnc32)cc1. The molecule has 1 aliphatic carbocycles. The van der Waals surface area contributed by atoms with Gasteiger partial charge in [0.2, 0.25) is 0 Å². The Morgan fingerprint density at radius 2 is 1.78 bits per heavy atom. The summed E-state index contributed by atoms with van der Waals surface area (Å²) in [6, 6.07) is 6.70. The number of fused-ring (bicyclic) bond motifs is 1. The maximum absolute atomic E-state index is 14.7. The summed E-state index contributed by atoms with van der Waals surface area (Å²) in [6.45, 7) is 1.83. The maximum Gasteiger partial charge on any atom is 0.269 e. The number of pyridine rings is 1. The molecular weight excluding hydrogens is 504 g/mol. The Bertz CT molecular complexity index is 1560. The van der Waals surface area contributed by atoms with Crippen molar-refractivity contribution in [1.82, 2.24) is 18.9 Å². The van der Waals surface area contributed by atoms with Crippen LogP contribution < -0.4 is 5.32 Å². The molecule has 1 aromatic carbocycles. The molecule has 3 aromatic heterocycles. The van der Waals surface area contributed by atoms with Gasteiger partial charge in [0.25, 0.3) is 10.0 Å². The first kappa shape index (κ1) is 25.2. The number of hydrogen-bond acceptors (Lipinski definition) is 8. The molecule has 0 aliphatic heterocycles. The van der Waals surface area contributed by atoms with Gasteiger partial charge in [0.15, 0.2) is 23.1 Å². The van der Waals surface area contributed by atoms with E-state index in [1.54, 1.807) is 12.1 Å². The standard InChI is InChI=1S/C25H25F2N5O4S/c1-14-6-8-16(9-7-14)37(35,36)32-13-18(17-10-15(26)11-29-25(17)32)23-28-12-19(27)24(31-23)30-20-4-2-3-5-21(33)22(20)34/h6-13,20-22,33-34H,2-5H2,1H3,(H,28,30,31)/t20-,21+,22+/m0/s1. The number of aromatic nitrogens is 4. The molecule has 12 heteroatoms. The Morgan fingerprint density at radius 1 is 1.05 bits per heavy atom. The van der Waals surface area contributed by atoms with E-state index in [0.29, 0.717) is 12.8 Å². The smallest absolute Gasteiger partial charge is 0.269 e. The van der Waals surface area contributed by atoms with E-state index in [1.165, 1.54) is 18.3 Å². The lowest BCUT2D eigenvalue weighted by Gasteiger charge is -2.25. The van der Waals surface area contributed by atoms with Gasteiger partial charge >= 0.3 is 0 Å². The lowest BCUT2D eigenvalue weighted by molar-refractivity contribution is 0.00940. The fraction of sp³-hybridized carbons (Fsp3) is 0.320. The van der Waals surface area contributed by atoms with Gasteiger partial charge in [0.1, 0.15) is 5.82 Å². The predicted octanol–water partition coefficient (Wildman–Crippen LogP) is 3.39. The summed E-state index contributed by atoms with van der Waals surface area (Å²) in [4.78, 5) is 12.3. The molecule has 3 N–H and O–H groups in total. The third-order valence-electron chi connectivity index (χ3n) is 6.53. The summed E-state index contributed by atoms with van der Waals surface area (Å²) in [5.41, 5.74) is 0.965. The Kier molecular flexibility index (Phi) is 6.65. The molecule has 3 heterocycles. The third kappa shape index (κ3) is 4.79. The second kappa shape index (κ2) is 9.77. The van der Waals surface area contributed by atoms with E-state index >= 15 is 0 Å². The maximum atomic E-state index is 14.7. The zero-order valence-corrected chi connectivity index (χ0v) is 20.7. The van der Waals surface area contributed by atoms with Crippen molar-refractivity contribution in [2.45, 2.75) is 55.8 Å². The Hall–Kier alpha value is -3.48. The van der Waals surface area contributed by atoms with Gasteiger partial charge in [-0.1, -0.05) is 30.5 Å². The number of nitrogens with one attached hydrogen (secondary N) is 1. The fourth-order valence-electron chi connectivity index (χ4n) is 4.50. The van der Waals surface area contributed by atoms with Crippen molar-refractivity contribution in [3.8, 4) is 11.4 Å². The molecule has 0 bridgehead atoms. The van der Waals surface area contributed by atoms with Crippen molar-refractivity contribution in [3.05, 3.63) is 66.1 Å². The van der Waals surface area contributed by atoms with Crippen LogP contribution in [0.2, 0.25) is 0 Å². The molecule has 1 aliphatic rings. The lowest BCUT2D eigenvalue weighted by atomic mass is 10.0. The van der Waals surface area contributed by atoms with E-state index in [1.807, 2.05) is 6.92 Å². The van der Waals surface area contributed by atoms with Crippen LogP contribution in [0.1, 0.15) is 31.2 Å². The number of benzene rings is 1.